The van der Waals surface area contributed by atoms with E-state index in [1.165, 1.54) is 11.3 Å². The lowest BCUT2D eigenvalue weighted by Crippen LogP contribution is -2.48. The third-order valence-corrected chi connectivity index (χ3v) is 5.84. The summed E-state index contributed by atoms with van der Waals surface area (Å²) in [6.07, 6.45) is 0.144. The molecule has 1 amide bonds. The van der Waals surface area contributed by atoms with E-state index in [0.29, 0.717) is 33.6 Å². The van der Waals surface area contributed by atoms with Gasteiger partial charge in [-0.1, -0.05) is 41.9 Å². The Balaban J connectivity index is 1.85. The van der Waals surface area contributed by atoms with Gasteiger partial charge >= 0.3 is 5.97 Å². The SMILES string of the molecule is CCOC(=O)c1c(NC(=O)CN2C[C@H](C)O[C@@H](C)C2)sc(Cl)c1-c1ccccc1. The molecule has 0 saturated carbocycles. The third-order valence-electron chi connectivity index (χ3n) is 4.52. The molecule has 0 radical (unpaired) electrons. The van der Waals surface area contributed by atoms with Crippen LogP contribution in [0.1, 0.15) is 31.1 Å². The average Bonchev–Trinajstić information content (AvgIpc) is 2.97. The van der Waals surface area contributed by atoms with Crippen LogP contribution < -0.4 is 5.32 Å². The van der Waals surface area contributed by atoms with E-state index in [0.717, 1.165) is 5.56 Å². The molecule has 29 heavy (non-hydrogen) atoms. The Morgan fingerprint density at radius 3 is 2.52 bits per heavy atom. The summed E-state index contributed by atoms with van der Waals surface area (Å²) in [4.78, 5) is 27.4. The molecule has 0 spiro atoms. The van der Waals surface area contributed by atoms with Crippen LogP contribution in [-0.2, 0) is 14.3 Å². The van der Waals surface area contributed by atoms with Crippen LogP contribution >= 0.6 is 22.9 Å². The summed E-state index contributed by atoms with van der Waals surface area (Å²) >= 11 is 7.65. The summed E-state index contributed by atoms with van der Waals surface area (Å²) in [6.45, 7) is 7.54. The molecule has 1 saturated heterocycles. The molecule has 2 atom stereocenters. The van der Waals surface area contributed by atoms with Crippen LogP contribution in [0, 0.1) is 0 Å². The van der Waals surface area contributed by atoms with E-state index in [-0.39, 0.29) is 31.3 Å². The van der Waals surface area contributed by atoms with Gasteiger partial charge in [-0.05, 0) is 26.3 Å². The van der Waals surface area contributed by atoms with E-state index in [1.807, 2.05) is 49.1 Å². The third kappa shape index (κ3) is 5.36. The van der Waals surface area contributed by atoms with Crippen LogP contribution in [0.2, 0.25) is 4.34 Å². The molecule has 0 aliphatic carbocycles. The normalized spacial score (nSPS) is 19.7. The van der Waals surface area contributed by atoms with Gasteiger partial charge in [0.1, 0.15) is 14.9 Å². The van der Waals surface area contributed by atoms with Gasteiger partial charge in [-0.25, -0.2) is 4.79 Å². The molecule has 156 valence electrons. The van der Waals surface area contributed by atoms with Crippen LogP contribution in [0.15, 0.2) is 30.3 Å². The van der Waals surface area contributed by atoms with Crippen molar-refractivity contribution in [2.45, 2.75) is 33.0 Å². The molecule has 0 unspecified atom stereocenters. The first-order chi connectivity index (χ1) is 13.9. The Hall–Kier alpha value is -1.93. The summed E-state index contributed by atoms with van der Waals surface area (Å²) in [6, 6.07) is 9.38. The standard InChI is InChI=1S/C21H25ClN2O4S/c1-4-27-21(26)18-17(15-8-6-5-7-9-15)19(22)29-20(18)23-16(25)12-24-10-13(2)28-14(3)11-24/h5-9,13-14H,4,10-12H2,1-3H3,(H,23,25)/t13-,14-/m0/s1. The van der Waals surface area contributed by atoms with E-state index >= 15 is 0 Å². The number of nitrogens with one attached hydrogen (secondary N) is 1. The average molecular weight is 437 g/mol. The minimum Gasteiger partial charge on any atom is -0.462 e. The van der Waals surface area contributed by atoms with Gasteiger partial charge in [0.05, 0.1) is 25.4 Å². The second kappa shape index (κ2) is 9.71. The molecule has 1 N–H and O–H groups in total. The Kier molecular flexibility index (Phi) is 7.29. The molecule has 1 aliphatic heterocycles. The van der Waals surface area contributed by atoms with Crippen molar-refractivity contribution in [3.05, 3.63) is 40.2 Å². The molecule has 0 bridgehead atoms. The van der Waals surface area contributed by atoms with Crippen LogP contribution in [0.25, 0.3) is 11.1 Å². The topological polar surface area (TPSA) is 67.9 Å². The zero-order chi connectivity index (χ0) is 21.0. The van der Waals surface area contributed by atoms with Gasteiger partial charge in [0.2, 0.25) is 5.91 Å². The molecule has 8 heteroatoms. The number of nitrogens with zero attached hydrogens (tertiary/aromatic N) is 1. The molecule has 6 nitrogen and oxygen atoms in total. The Bertz CT molecular complexity index is 861. The first kappa shape index (κ1) is 21.8. The number of hydrogen-bond donors (Lipinski definition) is 1. The number of halogens is 1. The van der Waals surface area contributed by atoms with Gasteiger partial charge in [0.25, 0.3) is 0 Å². The fourth-order valence-electron chi connectivity index (χ4n) is 3.53. The number of ether oxygens (including phenoxy) is 2. The number of amides is 1. The summed E-state index contributed by atoms with van der Waals surface area (Å²) < 4.78 is 11.4. The second-order valence-electron chi connectivity index (χ2n) is 7.04. The highest BCUT2D eigenvalue weighted by atomic mass is 35.5. The summed E-state index contributed by atoms with van der Waals surface area (Å²) in [7, 11) is 0. The maximum Gasteiger partial charge on any atom is 0.341 e. The van der Waals surface area contributed by atoms with Gasteiger partial charge in [-0.2, -0.15) is 0 Å². The lowest BCUT2D eigenvalue weighted by atomic mass is 10.0. The predicted octanol–water partition coefficient (Wildman–Crippen LogP) is 4.29. The number of morpholine rings is 1. The molecule has 1 aromatic heterocycles. The lowest BCUT2D eigenvalue weighted by molar-refractivity contribution is -0.121. The Labute approximate surface area is 179 Å². The van der Waals surface area contributed by atoms with Crippen molar-refractivity contribution in [2.75, 3.05) is 31.6 Å². The minimum absolute atomic E-state index is 0.0718. The van der Waals surface area contributed by atoms with Crippen molar-refractivity contribution < 1.29 is 19.1 Å². The molecule has 1 fully saturated rings. The highest BCUT2D eigenvalue weighted by Gasteiger charge is 2.28. The molecule has 3 rings (SSSR count). The first-order valence-electron chi connectivity index (χ1n) is 9.61. The van der Waals surface area contributed by atoms with Crippen LogP contribution in [-0.4, -0.2) is 55.2 Å². The van der Waals surface area contributed by atoms with Gasteiger partial charge in [0, 0.05) is 18.7 Å². The van der Waals surface area contributed by atoms with Crippen molar-refractivity contribution in [3.8, 4) is 11.1 Å². The van der Waals surface area contributed by atoms with Gasteiger partial charge in [0.15, 0.2) is 0 Å². The molecule has 2 heterocycles. The highest BCUT2D eigenvalue weighted by Crippen LogP contribution is 2.43. The summed E-state index contributed by atoms with van der Waals surface area (Å²) in [5.41, 5.74) is 1.68. The summed E-state index contributed by atoms with van der Waals surface area (Å²) in [5.74, 6) is -0.701. The van der Waals surface area contributed by atoms with E-state index in [9.17, 15) is 9.59 Å². The van der Waals surface area contributed by atoms with Crippen LogP contribution in [0.4, 0.5) is 5.00 Å². The quantitative estimate of drug-likeness (QED) is 0.684. The van der Waals surface area contributed by atoms with Crippen molar-refractivity contribution >= 4 is 39.8 Å². The van der Waals surface area contributed by atoms with Gasteiger partial charge < -0.3 is 14.8 Å². The lowest BCUT2D eigenvalue weighted by Gasteiger charge is -2.34. The Morgan fingerprint density at radius 1 is 1.24 bits per heavy atom. The molecular formula is C21H25ClN2O4S. The minimum atomic E-state index is -0.501. The smallest absolute Gasteiger partial charge is 0.341 e. The number of benzene rings is 1. The van der Waals surface area contributed by atoms with E-state index < -0.39 is 5.97 Å². The molecule has 1 aromatic carbocycles. The van der Waals surface area contributed by atoms with Crippen LogP contribution in [0.3, 0.4) is 0 Å². The van der Waals surface area contributed by atoms with E-state index in [2.05, 4.69) is 5.32 Å². The van der Waals surface area contributed by atoms with E-state index in [1.54, 1.807) is 6.92 Å². The predicted molar refractivity (Wildman–Crippen MR) is 116 cm³/mol. The van der Waals surface area contributed by atoms with Crippen molar-refractivity contribution in [3.63, 3.8) is 0 Å². The van der Waals surface area contributed by atoms with Gasteiger partial charge in [-0.3, -0.25) is 9.69 Å². The number of hydrogen-bond acceptors (Lipinski definition) is 6. The van der Waals surface area contributed by atoms with Gasteiger partial charge in [-0.15, -0.1) is 11.3 Å². The number of thiophene rings is 1. The van der Waals surface area contributed by atoms with Crippen molar-refractivity contribution in [2.24, 2.45) is 0 Å². The highest BCUT2D eigenvalue weighted by molar-refractivity contribution is 7.21. The molecule has 2 aromatic rings. The monoisotopic (exact) mass is 436 g/mol. The van der Waals surface area contributed by atoms with Crippen molar-refractivity contribution in [1.29, 1.82) is 0 Å². The van der Waals surface area contributed by atoms with Crippen molar-refractivity contribution in [1.82, 2.24) is 4.90 Å². The number of anilines is 1. The Morgan fingerprint density at radius 2 is 1.90 bits per heavy atom. The molecular weight excluding hydrogens is 412 g/mol. The first-order valence-corrected chi connectivity index (χ1v) is 10.8. The number of esters is 1. The van der Waals surface area contributed by atoms with Crippen LogP contribution in [0.5, 0.6) is 0 Å². The number of carbonyl (C=O) groups is 2. The molecule has 1 aliphatic rings. The summed E-state index contributed by atoms with van der Waals surface area (Å²) in [5, 5.41) is 3.28. The zero-order valence-electron chi connectivity index (χ0n) is 16.7. The fraction of sp³-hybridized carbons (Fsp3) is 0.429. The number of rotatable bonds is 6. The second-order valence-corrected chi connectivity index (χ2v) is 8.66. The fourth-order valence-corrected chi connectivity index (χ4v) is 4.92. The number of carbonyl (C=O) groups excluding carboxylic acids is 2. The maximum atomic E-state index is 12.7. The zero-order valence-corrected chi connectivity index (χ0v) is 18.3. The largest absolute Gasteiger partial charge is 0.462 e. The van der Waals surface area contributed by atoms with E-state index in [4.69, 9.17) is 21.1 Å². The maximum absolute atomic E-state index is 12.7.